The Hall–Kier alpha value is 0.170. The van der Waals surface area contributed by atoms with Crippen molar-refractivity contribution in [2.75, 3.05) is 23.5 Å². The summed E-state index contributed by atoms with van der Waals surface area (Å²) in [6.07, 6.45) is 2.02. The minimum absolute atomic E-state index is 0.331. The van der Waals surface area contributed by atoms with Crippen LogP contribution in [0.15, 0.2) is 0 Å². The van der Waals surface area contributed by atoms with Gasteiger partial charge in [0, 0.05) is 40.2 Å². The second kappa shape index (κ2) is 8.51. The number of alkyl halides is 4. The van der Waals surface area contributed by atoms with Crippen molar-refractivity contribution in [1.29, 1.82) is 0 Å². The average Bonchev–Trinajstić information content (AvgIpc) is 2.49. The Morgan fingerprint density at radius 1 is 0.696 bits per heavy atom. The molecule has 0 aliphatic carbocycles. The summed E-state index contributed by atoms with van der Waals surface area (Å²) in [5.41, 5.74) is 3.22. The van der Waals surface area contributed by atoms with Gasteiger partial charge in [0.15, 0.2) is 0 Å². The molecule has 0 fully saturated rings. The summed E-state index contributed by atoms with van der Waals surface area (Å²) in [5.74, 6) is 2.14. The second-order valence-electron chi connectivity index (χ2n) is 4.98. The van der Waals surface area contributed by atoms with Gasteiger partial charge in [-0.2, -0.15) is 0 Å². The number of rotatable bonds is 8. The first-order valence-electron chi connectivity index (χ1n) is 7.14. The van der Waals surface area contributed by atoms with E-state index in [1.54, 1.807) is 0 Å². The maximum Gasteiger partial charge on any atom is 0.584 e. The Morgan fingerprint density at radius 3 is 1.43 bits per heavy atom. The minimum atomic E-state index is -4.20. The highest BCUT2D eigenvalue weighted by atomic mass is 35.5. The third-order valence-corrected chi connectivity index (χ3v) is 5.20. The van der Waals surface area contributed by atoms with Crippen LogP contribution in [0.25, 0.3) is 0 Å². The molecule has 4 nitrogen and oxygen atoms in total. The monoisotopic (exact) mass is 420 g/mol. The zero-order valence-corrected chi connectivity index (χ0v) is 16.2. The molecule has 0 unspecified atom stereocenters. The van der Waals surface area contributed by atoms with E-state index in [4.69, 9.17) is 55.5 Å². The second-order valence-corrected chi connectivity index (χ2v) is 7.79. The van der Waals surface area contributed by atoms with Gasteiger partial charge in [-0.15, -0.1) is 46.4 Å². The van der Waals surface area contributed by atoms with Gasteiger partial charge in [0.25, 0.3) is 0 Å². The molecule has 1 aliphatic heterocycles. The van der Waals surface area contributed by atoms with Gasteiger partial charge in [-0.1, -0.05) is 0 Å². The van der Waals surface area contributed by atoms with Crippen molar-refractivity contribution in [2.24, 2.45) is 0 Å². The number of benzene rings is 1. The highest BCUT2D eigenvalue weighted by Gasteiger charge is 2.38. The Morgan fingerprint density at radius 2 is 1.04 bits per heavy atom. The predicted molar refractivity (Wildman–Crippen MR) is 95.2 cm³/mol. The number of hydrogen-bond acceptors (Lipinski definition) is 3. The molecule has 1 N–H and O–H groups in total. The fraction of sp³-hybridized carbons (Fsp3) is 0.571. The largest absolute Gasteiger partial charge is 0.584 e. The zero-order valence-electron chi connectivity index (χ0n) is 12.3. The van der Waals surface area contributed by atoms with Crippen molar-refractivity contribution in [3.05, 3.63) is 22.3 Å². The first kappa shape index (κ1) is 19.5. The van der Waals surface area contributed by atoms with Crippen LogP contribution < -0.4 is 9.05 Å². The standard InChI is InChI=1S/C14H17Cl4O4P/c15-5-1-9-10(2-6-16)13-12(4-8-18)14(11(9)3-7-17)22-23(19,20)21-13/h1-8H2,(H,19,20). The molecule has 1 aliphatic rings. The molecule has 23 heavy (non-hydrogen) atoms. The quantitative estimate of drug-likeness (QED) is 0.489. The van der Waals surface area contributed by atoms with Crippen LogP contribution in [-0.2, 0) is 30.2 Å². The van der Waals surface area contributed by atoms with E-state index in [-0.39, 0.29) is 0 Å². The minimum Gasteiger partial charge on any atom is -0.394 e. The zero-order chi connectivity index (χ0) is 17.0. The summed E-state index contributed by atoms with van der Waals surface area (Å²) >= 11 is 23.6. The molecule has 2 bridgehead atoms. The van der Waals surface area contributed by atoms with Crippen LogP contribution in [0.3, 0.4) is 0 Å². The Bertz CT molecular complexity index is 582. The molecule has 0 radical (unpaired) electrons. The van der Waals surface area contributed by atoms with Crippen LogP contribution in [0, 0.1) is 0 Å². The van der Waals surface area contributed by atoms with Gasteiger partial charge in [-0.25, -0.2) is 4.57 Å². The van der Waals surface area contributed by atoms with Crippen molar-refractivity contribution < 1.29 is 18.5 Å². The smallest absolute Gasteiger partial charge is 0.394 e. The highest BCUT2D eigenvalue weighted by Crippen LogP contribution is 2.57. The van der Waals surface area contributed by atoms with Gasteiger partial charge in [0.05, 0.1) is 0 Å². The summed E-state index contributed by atoms with van der Waals surface area (Å²) in [5, 5.41) is 0. The molecule has 130 valence electrons. The van der Waals surface area contributed by atoms with E-state index in [0.717, 1.165) is 16.7 Å². The van der Waals surface area contributed by atoms with Crippen molar-refractivity contribution in [1.82, 2.24) is 0 Å². The topological polar surface area (TPSA) is 55.8 Å². The Labute approximate surface area is 155 Å². The average molecular weight is 422 g/mol. The van der Waals surface area contributed by atoms with Crippen molar-refractivity contribution >= 4 is 54.2 Å². The summed E-state index contributed by atoms with van der Waals surface area (Å²) in [6, 6.07) is 0. The summed E-state index contributed by atoms with van der Waals surface area (Å²) in [6.45, 7) is 0. The fourth-order valence-electron chi connectivity index (χ4n) is 2.83. The van der Waals surface area contributed by atoms with Gasteiger partial charge < -0.3 is 9.05 Å². The molecule has 2 rings (SSSR count). The number of phosphoric acid groups is 1. The third-order valence-electron chi connectivity index (χ3n) is 3.62. The first-order chi connectivity index (χ1) is 11.0. The molecule has 1 heterocycles. The molecule has 0 saturated heterocycles. The third kappa shape index (κ3) is 4.23. The van der Waals surface area contributed by atoms with E-state index < -0.39 is 7.82 Å². The molecule has 0 spiro atoms. The molecule has 1 aromatic carbocycles. The SMILES string of the molecule is O=P1(O)Oc2c(CCCl)c(CCCl)c(CCCl)c(c2CCCl)O1. The van der Waals surface area contributed by atoms with Crippen LogP contribution >= 0.6 is 54.2 Å². The molecule has 0 amide bonds. The lowest BCUT2D eigenvalue weighted by Gasteiger charge is -2.31. The number of hydrogen-bond donors (Lipinski definition) is 1. The number of phosphoric ester groups is 1. The maximum absolute atomic E-state index is 12.1. The Balaban J connectivity index is 2.76. The molecule has 1 aromatic rings. The fourth-order valence-corrected chi connectivity index (χ4v) is 4.52. The van der Waals surface area contributed by atoms with Gasteiger partial charge in [-0.05, 0) is 31.2 Å². The number of halogens is 4. The van der Waals surface area contributed by atoms with E-state index in [0.29, 0.717) is 66.3 Å². The summed E-state index contributed by atoms with van der Waals surface area (Å²) in [4.78, 5) is 9.85. The molecular formula is C14H17Cl4O4P. The van der Waals surface area contributed by atoms with E-state index in [2.05, 4.69) is 0 Å². The van der Waals surface area contributed by atoms with Crippen molar-refractivity contribution in [3.8, 4) is 11.5 Å². The summed E-state index contributed by atoms with van der Waals surface area (Å²) < 4.78 is 22.6. The van der Waals surface area contributed by atoms with Crippen LogP contribution in [0.4, 0.5) is 0 Å². The predicted octanol–water partition coefficient (Wildman–Crippen LogP) is 4.68. The van der Waals surface area contributed by atoms with Crippen LogP contribution in [0.5, 0.6) is 11.5 Å². The lowest BCUT2D eigenvalue weighted by Crippen LogP contribution is -2.18. The van der Waals surface area contributed by atoms with Gasteiger partial charge >= 0.3 is 7.82 Å². The lowest BCUT2D eigenvalue weighted by molar-refractivity contribution is 0.274. The van der Waals surface area contributed by atoms with Crippen molar-refractivity contribution in [2.45, 2.75) is 25.7 Å². The molecule has 0 atom stereocenters. The van der Waals surface area contributed by atoms with E-state index >= 15 is 0 Å². The van der Waals surface area contributed by atoms with Crippen molar-refractivity contribution in [3.63, 3.8) is 0 Å². The summed E-state index contributed by atoms with van der Waals surface area (Å²) in [7, 11) is -4.20. The highest BCUT2D eigenvalue weighted by molar-refractivity contribution is 7.48. The molecule has 9 heteroatoms. The van der Waals surface area contributed by atoms with Crippen LogP contribution in [-0.4, -0.2) is 28.4 Å². The maximum atomic E-state index is 12.1. The lowest BCUT2D eigenvalue weighted by atomic mass is 9.89. The first-order valence-corrected chi connectivity index (χ1v) is 10.8. The van der Waals surface area contributed by atoms with Gasteiger partial charge in [0.2, 0.25) is 0 Å². The van der Waals surface area contributed by atoms with E-state index in [1.807, 2.05) is 0 Å². The van der Waals surface area contributed by atoms with Crippen LogP contribution in [0.2, 0.25) is 0 Å². The molecule has 0 aromatic heterocycles. The molecular weight excluding hydrogens is 405 g/mol. The van der Waals surface area contributed by atoms with E-state index in [1.165, 1.54) is 0 Å². The van der Waals surface area contributed by atoms with E-state index in [9.17, 15) is 9.46 Å². The number of fused-ring (bicyclic) bond motifs is 2. The van der Waals surface area contributed by atoms with Crippen LogP contribution in [0.1, 0.15) is 22.3 Å². The van der Waals surface area contributed by atoms with Gasteiger partial charge in [-0.3, -0.25) is 4.89 Å². The Kier molecular flexibility index (Phi) is 7.21. The van der Waals surface area contributed by atoms with Gasteiger partial charge in [0.1, 0.15) is 11.5 Å². The molecule has 0 saturated carbocycles. The normalized spacial score (nSPS) is 15.2.